The minimum atomic E-state index is -4.34. The van der Waals surface area contributed by atoms with Crippen molar-refractivity contribution in [2.24, 2.45) is 4.99 Å². The van der Waals surface area contributed by atoms with Crippen LogP contribution in [0.2, 0.25) is 0 Å². The van der Waals surface area contributed by atoms with Crippen LogP contribution in [0, 0.1) is 5.82 Å². The van der Waals surface area contributed by atoms with Crippen LogP contribution in [0.25, 0.3) is 0 Å². The van der Waals surface area contributed by atoms with Crippen molar-refractivity contribution in [3.05, 3.63) is 53.2 Å². The topological polar surface area (TPSA) is 28.1 Å². The van der Waals surface area contributed by atoms with Crippen molar-refractivity contribution in [3.8, 4) is 5.75 Å². The van der Waals surface area contributed by atoms with Gasteiger partial charge in [0.1, 0.15) is 23.4 Å². The molecule has 0 bridgehead atoms. The van der Waals surface area contributed by atoms with Crippen LogP contribution in [0.4, 0.5) is 17.6 Å². The number of aliphatic imine (C=N–C) groups is 1. The molecule has 2 aliphatic heterocycles. The number of benzene rings is 1. The predicted octanol–water partition coefficient (Wildman–Crippen LogP) is 3.87. The van der Waals surface area contributed by atoms with Crippen molar-refractivity contribution in [2.75, 3.05) is 13.7 Å². The zero-order valence-corrected chi connectivity index (χ0v) is 13.9. The zero-order chi connectivity index (χ0) is 18.4. The van der Waals surface area contributed by atoms with Gasteiger partial charge in [-0.25, -0.2) is 9.38 Å². The number of halogens is 4. The Morgan fingerprint density at radius 2 is 1.96 bits per heavy atom. The number of alkyl halides is 3. The molecule has 0 N–H and O–H groups in total. The van der Waals surface area contributed by atoms with Crippen molar-refractivity contribution < 1.29 is 22.3 Å². The van der Waals surface area contributed by atoms with E-state index in [1.807, 2.05) is 0 Å². The van der Waals surface area contributed by atoms with Crippen LogP contribution in [0.1, 0.15) is 19.4 Å². The van der Waals surface area contributed by atoms with Crippen molar-refractivity contribution in [1.29, 1.82) is 0 Å². The minimum absolute atomic E-state index is 0.102. The molecule has 0 saturated heterocycles. The zero-order valence-electron chi connectivity index (χ0n) is 13.9. The molecule has 0 aromatic heterocycles. The van der Waals surface area contributed by atoms with Gasteiger partial charge >= 0.3 is 6.18 Å². The predicted molar refractivity (Wildman–Crippen MR) is 85.4 cm³/mol. The number of hydrogen-bond donors (Lipinski definition) is 0. The summed E-state index contributed by atoms with van der Waals surface area (Å²) in [4.78, 5) is 4.39. The molecule has 1 atom stereocenters. The normalized spacial score (nSPS) is 19.2. The lowest BCUT2D eigenvalue weighted by Gasteiger charge is -2.38. The third kappa shape index (κ3) is 3.26. The summed E-state index contributed by atoms with van der Waals surface area (Å²) in [7, 11) is 1.43. The van der Waals surface area contributed by atoms with Crippen LogP contribution in [-0.2, 0) is 0 Å². The maximum Gasteiger partial charge on any atom is 0.405 e. The minimum Gasteiger partial charge on any atom is -0.497 e. The van der Waals surface area contributed by atoms with E-state index in [-0.39, 0.29) is 6.54 Å². The van der Waals surface area contributed by atoms with Crippen LogP contribution >= 0.6 is 0 Å². The first-order valence-electron chi connectivity index (χ1n) is 7.66. The highest BCUT2D eigenvalue weighted by Gasteiger charge is 2.45. The molecule has 4 nitrogen and oxygen atoms in total. The molecule has 2 heterocycles. The fourth-order valence-electron chi connectivity index (χ4n) is 2.84. The van der Waals surface area contributed by atoms with Gasteiger partial charge in [0.15, 0.2) is 0 Å². The number of allylic oxidation sites excluding steroid dienone is 2. The van der Waals surface area contributed by atoms with E-state index in [4.69, 9.17) is 4.74 Å². The second-order valence-electron chi connectivity index (χ2n) is 5.88. The number of methoxy groups -OCH3 is 1. The lowest BCUT2D eigenvalue weighted by molar-refractivity contribution is -0.201. The Bertz CT molecular complexity index is 783. The molecule has 2 aliphatic rings. The number of nitrogens with zero attached hydrogens (tertiary/aromatic N) is 3. The molecule has 0 aliphatic carbocycles. The fourth-order valence-corrected chi connectivity index (χ4v) is 2.84. The number of fused-ring (bicyclic) bond motifs is 1. The number of ether oxygens (including phenoxy) is 1. The van der Waals surface area contributed by atoms with E-state index in [1.165, 1.54) is 29.3 Å². The van der Waals surface area contributed by atoms with Crippen molar-refractivity contribution in [3.63, 3.8) is 0 Å². The molecule has 1 unspecified atom stereocenters. The molecule has 0 radical (unpaired) electrons. The van der Waals surface area contributed by atoms with Crippen LogP contribution in [-0.4, -0.2) is 41.6 Å². The first-order chi connectivity index (χ1) is 11.7. The van der Waals surface area contributed by atoms with Gasteiger partial charge in [0.2, 0.25) is 0 Å². The summed E-state index contributed by atoms with van der Waals surface area (Å²) in [5.41, 5.74) is 1.55. The Balaban J connectivity index is 1.93. The van der Waals surface area contributed by atoms with Crippen LogP contribution < -0.4 is 4.74 Å². The SMILES string of the molecule is COc1cc(F)cc(C2=NC3=CCN(C(C)C(F)(F)F)N3C(C)=C2)c1. The molecule has 0 saturated carbocycles. The summed E-state index contributed by atoms with van der Waals surface area (Å²) in [6.45, 7) is 2.91. The Morgan fingerprint density at radius 3 is 2.60 bits per heavy atom. The summed E-state index contributed by atoms with van der Waals surface area (Å²) in [6.07, 6.45) is -1.09. The molecule has 1 aromatic carbocycles. The van der Waals surface area contributed by atoms with Gasteiger partial charge in [-0.1, -0.05) is 0 Å². The van der Waals surface area contributed by atoms with E-state index in [1.54, 1.807) is 25.1 Å². The van der Waals surface area contributed by atoms with Gasteiger partial charge in [-0.3, -0.25) is 5.01 Å². The van der Waals surface area contributed by atoms with E-state index < -0.39 is 18.0 Å². The van der Waals surface area contributed by atoms with Gasteiger partial charge in [-0.2, -0.15) is 18.2 Å². The van der Waals surface area contributed by atoms with Gasteiger partial charge in [-0.05, 0) is 38.1 Å². The summed E-state index contributed by atoms with van der Waals surface area (Å²) < 4.78 is 57.9. The van der Waals surface area contributed by atoms with Gasteiger partial charge < -0.3 is 4.74 Å². The molecule has 1 aromatic rings. The van der Waals surface area contributed by atoms with E-state index in [9.17, 15) is 17.6 Å². The van der Waals surface area contributed by atoms with Crippen molar-refractivity contribution >= 4 is 5.71 Å². The summed E-state index contributed by atoms with van der Waals surface area (Å²) in [5, 5.41) is 2.64. The van der Waals surface area contributed by atoms with Gasteiger partial charge in [-0.15, -0.1) is 0 Å². The Morgan fingerprint density at radius 1 is 1.24 bits per heavy atom. The van der Waals surface area contributed by atoms with E-state index in [2.05, 4.69) is 4.99 Å². The third-order valence-corrected chi connectivity index (χ3v) is 4.17. The summed E-state index contributed by atoms with van der Waals surface area (Å²) in [5.74, 6) is 0.270. The Hall–Kier alpha value is -2.35. The average Bonchev–Trinajstić information content (AvgIpc) is 2.96. The number of hydrogen-bond acceptors (Lipinski definition) is 4. The molecule has 0 fully saturated rings. The fraction of sp³-hybridized carbons (Fsp3) is 0.353. The van der Waals surface area contributed by atoms with Gasteiger partial charge in [0.25, 0.3) is 0 Å². The van der Waals surface area contributed by atoms with Gasteiger partial charge in [0.05, 0.1) is 12.8 Å². The summed E-state index contributed by atoms with van der Waals surface area (Å²) >= 11 is 0. The van der Waals surface area contributed by atoms with Crippen LogP contribution in [0.3, 0.4) is 0 Å². The van der Waals surface area contributed by atoms with Gasteiger partial charge in [0, 0.05) is 23.9 Å². The molecular formula is C17H17F4N3O. The highest BCUT2D eigenvalue weighted by molar-refractivity contribution is 6.10. The van der Waals surface area contributed by atoms with Crippen molar-refractivity contribution in [1.82, 2.24) is 10.0 Å². The average molecular weight is 355 g/mol. The van der Waals surface area contributed by atoms with E-state index >= 15 is 0 Å². The second kappa shape index (κ2) is 6.18. The monoisotopic (exact) mass is 355 g/mol. The molecule has 3 rings (SSSR count). The molecular weight excluding hydrogens is 338 g/mol. The molecule has 0 spiro atoms. The lowest BCUT2D eigenvalue weighted by Crippen LogP contribution is -2.49. The summed E-state index contributed by atoms with van der Waals surface area (Å²) in [6, 6.07) is 2.55. The molecule has 8 heteroatoms. The number of hydrazine groups is 1. The second-order valence-corrected chi connectivity index (χ2v) is 5.88. The third-order valence-electron chi connectivity index (χ3n) is 4.17. The smallest absolute Gasteiger partial charge is 0.405 e. The standard InChI is InChI=1S/C17H17F4N3O/c1-10-6-15(12-7-13(18)9-14(8-12)25-3)22-16-4-5-23(24(10)16)11(2)17(19,20)21/h4,6-9,11H,5H2,1-3H3. The highest BCUT2D eigenvalue weighted by atomic mass is 19.4. The lowest BCUT2D eigenvalue weighted by atomic mass is 10.1. The van der Waals surface area contributed by atoms with E-state index in [0.29, 0.717) is 28.5 Å². The van der Waals surface area contributed by atoms with Crippen LogP contribution in [0.15, 0.2) is 46.9 Å². The highest BCUT2D eigenvalue weighted by Crippen LogP contribution is 2.34. The Labute approximate surface area is 142 Å². The maximum atomic E-state index is 13.7. The molecule has 134 valence electrons. The largest absolute Gasteiger partial charge is 0.497 e. The molecule has 25 heavy (non-hydrogen) atoms. The van der Waals surface area contributed by atoms with E-state index in [0.717, 1.165) is 6.92 Å². The quantitative estimate of drug-likeness (QED) is 0.771. The first kappa shape index (κ1) is 17.5. The van der Waals surface area contributed by atoms with Crippen LogP contribution in [0.5, 0.6) is 5.75 Å². The first-order valence-corrected chi connectivity index (χ1v) is 7.66. The molecule has 0 amide bonds. The maximum absolute atomic E-state index is 13.7. The van der Waals surface area contributed by atoms with Crippen molar-refractivity contribution in [2.45, 2.75) is 26.1 Å². The number of rotatable bonds is 3. The Kier molecular flexibility index (Phi) is 4.32.